The predicted molar refractivity (Wildman–Crippen MR) is 62.7 cm³/mol. The van der Waals surface area contributed by atoms with E-state index in [2.05, 4.69) is 19.2 Å². The molecular weight excluding hydrogens is 213 g/mol. The van der Waals surface area contributed by atoms with Gasteiger partial charge in [-0.2, -0.15) is 0 Å². The highest BCUT2D eigenvalue weighted by Gasteiger charge is 2.12. The lowest BCUT2D eigenvalue weighted by Gasteiger charge is -2.18. The van der Waals surface area contributed by atoms with E-state index in [1.54, 1.807) is 6.07 Å². The minimum Gasteiger partial charge on any atom is -0.310 e. The number of nitrogens with one attached hydrogen (secondary N) is 1. The number of benzene rings is 1. The highest BCUT2D eigenvalue weighted by molar-refractivity contribution is 6.31. The van der Waals surface area contributed by atoms with Crippen LogP contribution in [0.4, 0.5) is 4.39 Å². The fraction of sp³-hybridized carbons (Fsp3) is 0.500. The van der Waals surface area contributed by atoms with E-state index in [-0.39, 0.29) is 11.9 Å². The van der Waals surface area contributed by atoms with Gasteiger partial charge >= 0.3 is 0 Å². The molecule has 0 radical (unpaired) electrons. The molecule has 1 rings (SSSR count). The first-order valence-electron chi connectivity index (χ1n) is 5.37. The van der Waals surface area contributed by atoms with E-state index in [0.717, 1.165) is 24.9 Å². The van der Waals surface area contributed by atoms with Gasteiger partial charge in [0.15, 0.2) is 0 Å². The molecule has 1 atom stereocenters. The molecule has 0 aromatic heterocycles. The molecule has 0 spiro atoms. The first-order valence-corrected chi connectivity index (χ1v) is 5.75. The van der Waals surface area contributed by atoms with Gasteiger partial charge < -0.3 is 5.32 Å². The summed E-state index contributed by atoms with van der Waals surface area (Å²) in [5, 5.41) is 3.98. The van der Waals surface area contributed by atoms with Crippen molar-refractivity contribution < 1.29 is 4.39 Å². The SMILES string of the molecule is CCCNC(CC)c1cc(F)ccc1Cl. The molecule has 1 N–H and O–H groups in total. The molecule has 0 heterocycles. The van der Waals surface area contributed by atoms with E-state index in [1.807, 2.05) is 0 Å². The summed E-state index contributed by atoms with van der Waals surface area (Å²) >= 11 is 6.04. The van der Waals surface area contributed by atoms with Crippen molar-refractivity contribution in [1.82, 2.24) is 5.32 Å². The third-order valence-electron chi connectivity index (χ3n) is 2.38. The van der Waals surface area contributed by atoms with E-state index in [4.69, 9.17) is 11.6 Å². The van der Waals surface area contributed by atoms with Crippen LogP contribution in [0.3, 0.4) is 0 Å². The molecule has 1 nitrogen and oxygen atoms in total. The summed E-state index contributed by atoms with van der Waals surface area (Å²) in [5.74, 6) is -0.230. The van der Waals surface area contributed by atoms with Crippen LogP contribution in [-0.2, 0) is 0 Å². The molecule has 0 saturated heterocycles. The van der Waals surface area contributed by atoms with Gasteiger partial charge in [-0.25, -0.2) is 4.39 Å². The molecule has 15 heavy (non-hydrogen) atoms. The van der Waals surface area contributed by atoms with E-state index < -0.39 is 0 Å². The van der Waals surface area contributed by atoms with Crippen LogP contribution in [0.15, 0.2) is 18.2 Å². The number of rotatable bonds is 5. The van der Waals surface area contributed by atoms with Gasteiger partial charge in [-0.3, -0.25) is 0 Å². The minimum absolute atomic E-state index is 0.146. The summed E-state index contributed by atoms with van der Waals surface area (Å²) in [7, 11) is 0. The van der Waals surface area contributed by atoms with Gasteiger partial charge in [-0.1, -0.05) is 25.4 Å². The lowest BCUT2D eigenvalue weighted by molar-refractivity contribution is 0.514. The molecule has 0 aliphatic carbocycles. The third kappa shape index (κ3) is 3.47. The maximum atomic E-state index is 13.1. The number of hydrogen-bond acceptors (Lipinski definition) is 1. The largest absolute Gasteiger partial charge is 0.310 e. The summed E-state index contributed by atoms with van der Waals surface area (Å²) in [6.07, 6.45) is 1.96. The fourth-order valence-electron chi connectivity index (χ4n) is 1.57. The lowest BCUT2D eigenvalue weighted by atomic mass is 10.0. The third-order valence-corrected chi connectivity index (χ3v) is 2.73. The topological polar surface area (TPSA) is 12.0 Å². The molecular formula is C12H17ClFN. The normalized spacial score (nSPS) is 12.8. The Labute approximate surface area is 95.6 Å². The molecule has 0 aliphatic heterocycles. The van der Waals surface area contributed by atoms with Gasteiger partial charge in [0.2, 0.25) is 0 Å². The van der Waals surface area contributed by atoms with Crippen molar-refractivity contribution in [2.45, 2.75) is 32.7 Å². The van der Waals surface area contributed by atoms with Crippen LogP contribution in [0.5, 0.6) is 0 Å². The Morgan fingerprint density at radius 2 is 2.13 bits per heavy atom. The molecule has 0 aliphatic rings. The summed E-state index contributed by atoms with van der Waals surface area (Å²) in [5.41, 5.74) is 0.854. The van der Waals surface area contributed by atoms with Crippen molar-refractivity contribution in [3.63, 3.8) is 0 Å². The second-order valence-electron chi connectivity index (χ2n) is 3.58. The molecule has 0 bridgehead atoms. The van der Waals surface area contributed by atoms with Crippen LogP contribution in [0.1, 0.15) is 38.3 Å². The van der Waals surface area contributed by atoms with Crippen molar-refractivity contribution in [2.24, 2.45) is 0 Å². The van der Waals surface area contributed by atoms with E-state index in [0.29, 0.717) is 5.02 Å². The van der Waals surface area contributed by atoms with Crippen molar-refractivity contribution in [3.05, 3.63) is 34.6 Å². The van der Waals surface area contributed by atoms with Crippen LogP contribution in [0.25, 0.3) is 0 Å². The first-order chi connectivity index (χ1) is 7.19. The monoisotopic (exact) mass is 229 g/mol. The lowest BCUT2D eigenvalue weighted by Crippen LogP contribution is -2.21. The minimum atomic E-state index is -0.230. The predicted octanol–water partition coefficient (Wildman–Crippen LogP) is 3.93. The van der Waals surface area contributed by atoms with Gasteiger partial charge in [0, 0.05) is 11.1 Å². The zero-order valence-corrected chi connectivity index (χ0v) is 9.94. The van der Waals surface area contributed by atoms with E-state index in [9.17, 15) is 4.39 Å². The van der Waals surface area contributed by atoms with Crippen LogP contribution in [-0.4, -0.2) is 6.54 Å². The average molecular weight is 230 g/mol. The van der Waals surface area contributed by atoms with Crippen molar-refractivity contribution in [1.29, 1.82) is 0 Å². The van der Waals surface area contributed by atoms with E-state index in [1.165, 1.54) is 12.1 Å². The maximum Gasteiger partial charge on any atom is 0.123 e. The Kier molecular flexibility index (Phi) is 5.06. The Morgan fingerprint density at radius 1 is 1.40 bits per heavy atom. The van der Waals surface area contributed by atoms with Crippen molar-refractivity contribution in [2.75, 3.05) is 6.54 Å². The van der Waals surface area contributed by atoms with Crippen molar-refractivity contribution in [3.8, 4) is 0 Å². The van der Waals surface area contributed by atoms with Gasteiger partial charge in [0.05, 0.1) is 0 Å². The van der Waals surface area contributed by atoms with Crippen LogP contribution >= 0.6 is 11.6 Å². The van der Waals surface area contributed by atoms with Crippen LogP contribution in [0, 0.1) is 5.82 Å². The summed E-state index contributed by atoms with van der Waals surface area (Å²) in [6, 6.07) is 4.66. The average Bonchev–Trinajstić information content (AvgIpc) is 2.24. The van der Waals surface area contributed by atoms with Gasteiger partial charge in [0.25, 0.3) is 0 Å². The van der Waals surface area contributed by atoms with Gasteiger partial charge in [-0.15, -0.1) is 0 Å². The van der Waals surface area contributed by atoms with Crippen LogP contribution in [0.2, 0.25) is 5.02 Å². The quantitative estimate of drug-likeness (QED) is 0.807. The Hall–Kier alpha value is -0.600. The zero-order chi connectivity index (χ0) is 11.3. The molecule has 0 saturated carbocycles. The van der Waals surface area contributed by atoms with Gasteiger partial charge in [0.1, 0.15) is 5.82 Å². The first kappa shape index (κ1) is 12.5. The molecule has 1 unspecified atom stereocenters. The smallest absolute Gasteiger partial charge is 0.123 e. The second kappa shape index (κ2) is 6.09. The Balaban J connectivity index is 2.85. The fourth-order valence-corrected chi connectivity index (χ4v) is 1.82. The molecule has 1 aromatic rings. The Morgan fingerprint density at radius 3 is 2.73 bits per heavy atom. The number of halogens is 2. The molecule has 3 heteroatoms. The second-order valence-corrected chi connectivity index (χ2v) is 3.99. The summed E-state index contributed by atoms with van der Waals surface area (Å²) in [4.78, 5) is 0. The molecule has 0 fully saturated rings. The standard InChI is InChI=1S/C12H17ClFN/c1-3-7-15-12(4-2)10-8-9(14)5-6-11(10)13/h5-6,8,12,15H,3-4,7H2,1-2H3. The number of hydrogen-bond donors (Lipinski definition) is 1. The molecule has 1 aromatic carbocycles. The highest BCUT2D eigenvalue weighted by atomic mass is 35.5. The molecule has 0 amide bonds. The van der Waals surface area contributed by atoms with Gasteiger partial charge in [-0.05, 0) is 43.1 Å². The Bertz CT molecular complexity index is 314. The zero-order valence-electron chi connectivity index (χ0n) is 9.19. The molecule has 84 valence electrons. The summed E-state index contributed by atoms with van der Waals surface area (Å²) in [6.45, 7) is 5.09. The summed E-state index contributed by atoms with van der Waals surface area (Å²) < 4.78 is 13.1. The highest BCUT2D eigenvalue weighted by Crippen LogP contribution is 2.25. The van der Waals surface area contributed by atoms with Crippen molar-refractivity contribution >= 4 is 11.6 Å². The maximum absolute atomic E-state index is 13.1. The van der Waals surface area contributed by atoms with E-state index >= 15 is 0 Å². The van der Waals surface area contributed by atoms with Crippen LogP contribution < -0.4 is 5.32 Å².